The van der Waals surface area contributed by atoms with Gasteiger partial charge in [0, 0.05) is 17.8 Å². The van der Waals surface area contributed by atoms with Crippen molar-refractivity contribution in [3.63, 3.8) is 0 Å². The van der Waals surface area contributed by atoms with Gasteiger partial charge in [-0.05, 0) is 147 Å². The number of rotatable bonds is 9. The van der Waals surface area contributed by atoms with Crippen LogP contribution in [0.4, 0.5) is 4.39 Å². The molecule has 0 saturated heterocycles. The van der Waals surface area contributed by atoms with E-state index < -0.39 is 0 Å². The molecule has 1 atom stereocenters. The molecule has 0 N–H and O–H groups in total. The quantitative estimate of drug-likeness (QED) is 0.226. The molecule has 3 nitrogen and oxygen atoms in total. The number of benzene rings is 1. The summed E-state index contributed by atoms with van der Waals surface area (Å²) in [6.45, 7) is 10.6. The monoisotopic (exact) mass is 551 g/mol. The number of ketones is 1. The molecule has 3 aliphatic carbocycles. The van der Waals surface area contributed by atoms with E-state index in [2.05, 4.69) is 49.3 Å². The summed E-state index contributed by atoms with van der Waals surface area (Å²) in [4.78, 5) is 15.5. The molecule has 1 unspecified atom stereocenters. The van der Waals surface area contributed by atoms with Gasteiger partial charge in [-0.3, -0.25) is 4.79 Å². The van der Waals surface area contributed by atoms with E-state index in [4.69, 9.17) is 4.74 Å². The van der Waals surface area contributed by atoms with Gasteiger partial charge in [-0.1, -0.05) is 24.3 Å². The Balaban J connectivity index is 1.20. The number of ether oxygens (including phenoxy) is 1. The Morgan fingerprint density at radius 1 is 1.12 bits per heavy atom. The molecule has 1 aliphatic heterocycles. The van der Waals surface area contributed by atoms with Crippen LogP contribution in [0.2, 0.25) is 0 Å². The molecule has 4 aliphatic rings. The van der Waals surface area contributed by atoms with Crippen LogP contribution in [0.25, 0.3) is 5.57 Å². The number of methoxy groups -OCH3 is 1. The third kappa shape index (κ3) is 7.00. The van der Waals surface area contributed by atoms with Gasteiger partial charge in [0.25, 0.3) is 0 Å². The molecule has 1 heterocycles. The Hall–Kier alpha value is -3.62. The fourth-order valence-corrected chi connectivity index (χ4v) is 6.12. The number of carbonyl (C=O) groups is 1. The first-order valence-electron chi connectivity index (χ1n) is 15.0. The van der Waals surface area contributed by atoms with E-state index in [9.17, 15) is 9.18 Å². The predicted octanol–water partition coefficient (Wildman–Crippen LogP) is 9.07. The molecular weight excluding hydrogens is 509 g/mol. The number of aryl methyl sites for hydroxylation is 1. The number of halogens is 1. The van der Waals surface area contributed by atoms with Crippen molar-refractivity contribution in [2.24, 2.45) is 11.8 Å². The summed E-state index contributed by atoms with van der Waals surface area (Å²) in [5.41, 5.74) is 12.9. The van der Waals surface area contributed by atoms with Crippen molar-refractivity contribution in [1.82, 2.24) is 4.90 Å². The zero-order chi connectivity index (χ0) is 29.1. The summed E-state index contributed by atoms with van der Waals surface area (Å²) in [5, 5.41) is 0. The lowest BCUT2D eigenvalue weighted by atomic mass is 9.88. The Morgan fingerprint density at radius 3 is 2.66 bits per heavy atom. The Labute approximate surface area is 244 Å². The summed E-state index contributed by atoms with van der Waals surface area (Å²) in [6.07, 6.45) is 18.7. The van der Waals surface area contributed by atoms with Crippen LogP contribution in [-0.4, -0.2) is 24.3 Å². The highest BCUT2D eigenvalue weighted by Gasteiger charge is 2.33. The van der Waals surface area contributed by atoms with Gasteiger partial charge < -0.3 is 9.64 Å². The topological polar surface area (TPSA) is 29.5 Å². The Kier molecular flexibility index (Phi) is 8.80. The van der Waals surface area contributed by atoms with Crippen LogP contribution in [0, 0.1) is 24.6 Å². The molecule has 0 amide bonds. The van der Waals surface area contributed by atoms with Crippen LogP contribution in [0.5, 0.6) is 0 Å². The normalized spacial score (nSPS) is 21.4. The van der Waals surface area contributed by atoms with Crippen LogP contribution in [0.1, 0.15) is 76.3 Å². The molecule has 0 spiro atoms. The molecular formula is C37H42FNO2. The average molecular weight is 552 g/mol. The minimum atomic E-state index is -0.195. The summed E-state index contributed by atoms with van der Waals surface area (Å²) in [7, 11) is 1.73. The van der Waals surface area contributed by atoms with E-state index in [1.807, 2.05) is 24.3 Å². The third-order valence-electron chi connectivity index (χ3n) is 8.82. The number of allylic oxidation sites excluding steroid dienone is 10. The molecule has 1 saturated carbocycles. The summed E-state index contributed by atoms with van der Waals surface area (Å²) in [6, 6.07) is 5.23. The fourth-order valence-electron chi connectivity index (χ4n) is 6.12. The van der Waals surface area contributed by atoms with Crippen LogP contribution < -0.4 is 0 Å². The van der Waals surface area contributed by atoms with Crippen LogP contribution in [0.3, 0.4) is 0 Å². The summed E-state index contributed by atoms with van der Waals surface area (Å²) < 4.78 is 19.5. The first-order chi connectivity index (χ1) is 19.7. The minimum absolute atomic E-state index is 0.195. The second-order valence-corrected chi connectivity index (χ2v) is 12.1. The number of hydrogen-bond acceptors (Lipinski definition) is 3. The summed E-state index contributed by atoms with van der Waals surface area (Å²) in [5.74, 6) is 1.99. The van der Waals surface area contributed by atoms with Gasteiger partial charge in [-0.25, -0.2) is 4.39 Å². The highest BCUT2D eigenvalue weighted by molar-refractivity contribution is 5.85. The van der Waals surface area contributed by atoms with E-state index in [-0.39, 0.29) is 11.6 Å². The number of carbonyl (C=O) groups excluding carboxylic acids is 1. The second kappa shape index (κ2) is 12.5. The SMILES string of the molecule is C=C1C=C(c2ccc(F)c(C)c2)C=C(C2CC2)N1CC(=O)CC1=CCCC(CC2=CC(OC)=C(C)C=C=C2C)CC1. The molecule has 0 radical (unpaired) electrons. The first-order valence-corrected chi connectivity index (χ1v) is 15.0. The lowest BCUT2D eigenvalue weighted by Crippen LogP contribution is -2.30. The molecule has 0 aromatic heterocycles. The lowest BCUT2D eigenvalue weighted by molar-refractivity contribution is -0.118. The van der Waals surface area contributed by atoms with E-state index in [1.165, 1.54) is 28.5 Å². The Morgan fingerprint density at radius 2 is 1.93 bits per heavy atom. The van der Waals surface area contributed by atoms with Crippen molar-refractivity contribution in [2.75, 3.05) is 13.7 Å². The largest absolute Gasteiger partial charge is 0.496 e. The first kappa shape index (κ1) is 28.9. The Bertz CT molecular complexity index is 1470. The fraction of sp³-hybridized carbons (Fsp3) is 0.405. The molecule has 1 fully saturated rings. The maximum absolute atomic E-state index is 13.9. The molecule has 214 valence electrons. The van der Waals surface area contributed by atoms with Crippen LogP contribution in [-0.2, 0) is 9.53 Å². The predicted molar refractivity (Wildman–Crippen MR) is 165 cm³/mol. The molecule has 0 bridgehead atoms. The second-order valence-electron chi connectivity index (χ2n) is 12.1. The van der Waals surface area contributed by atoms with Gasteiger partial charge in [-0.2, -0.15) is 0 Å². The highest BCUT2D eigenvalue weighted by Crippen LogP contribution is 2.43. The minimum Gasteiger partial charge on any atom is -0.496 e. The van der Waals surface area contributed by atoms with Gasteiger partial charge in [0.05, 0.1) is 13.7 Å². The average Bonchev–Trinajstić information content (AvgIpc) is 3.81. The van der Waals surface area contributed by atoms with E-state index >= 15 is 0 Å². The molecule has 5 rings (SSSR count). The van der Waals surface area contributed by atoms with Crippen molar-refractivity contribution in [2.45, 2.75) is 72.1 Å². The van der Waals surface area contributed by atoms with Crippen molar-refractivity contribution < 1.29 is 13.9 Å². The molecule has 1 aromatic carbocycles. The van der Waals surface area contributed by atoms with Gasteiger partial charge in [-0.15, -0.1) is 5.73 Å². The van der Waals surface area contributed by atoms with E-state index in [0.717, 1.165) is 73.1 Å². The number of nitrogens with zero attached hydrogens (tertiary/aromatic N) is 1. The van der Waals surface area contributed by atoms with Crippen molar-refractivity contribution in [3.05, 3.63) is 117 Å². The highest BCUT2D eigenvalue weighted by atomic mass is 19.1. The van der Waals surface area contributed by atoms with Crippen molar-refractivity contribution in [1.29, 1.82) is 0 Å². The van der Waals surface area contributed by atoms with E-state index in [1.54, 1.807) is 14.0 Å². The molecule has 4 heteroatoms. The smallest absolute Gasteiger partial charge is 0.156 e. The summed E-state index contributed by atoms with van der Waals surface area (Å²) >= 11 is 0. The molecule has 1 aromatic rings. The zero-order valence-electron chi connectivity index (χ0n) is 25.0. The van der Waals surface area contributed by atoms with Gasteiger partial charge in [0.15, 0.2) is 5.78 Å². The standard InChI is InChI=1S/C37H42FNO2/c1-24-9-10-25(2)37(41-5)22-32(24)19-28-7-6-8-29(12-11-28)20-34(40)23-39-27(4)18-33(21-36(39)30-13-14-30)31-15-16-35(38)26(3)17-31/h8,10,15-18,21-22,28,30H,4,6-7,11-14,19-20,23H2,1-3,5H3. The number of Topliss-reactive ketones (excluding diaryl/α,β-unsaturated/α-hetero) is 1. The maximum atomic E-state index is 13.9. The lowest BCUT2D eigenvalue weighted by Gasteiger charge is -2.31. The van der Waals surface area contributed by atoms with Crippen molar-refractivity contribution >= 4 is 11.4 Å². The maximum Gasteiger partial charge on any atom is 0.156 e. The number of hydrogen-bond donors (Lipinski definition) is 0. The van der Waals surface area contributed by atoms with Crippen molar-refractivity contribution in [3.8, 4) is 0 Å². The zero-order valence-corrected chi connectivity index (χ0v) is 25.0. The van der Waals surface area contributed by atoms with Crippen LogP contribution in [0.15, 0.2) is 100 Å². The van der Waals surface area contributed by atoms with Crippen LogP contribution >= 0.6 is 0 Å². The van der Waals surface area contributed by atoms with Gasteiger partial charge >= 0.3 is 0 Å². The molecule has 41 heavy (non-hydrogen) atoms. The third-order valence-corrected chi connectivity index (χ3v) is 8.82. The van der Waals surface area contributed by atoms with E-state index in [0.29, 0.717) is 30.4 Å². The van der Waals surface area contributed by atoms with Gasteiger partial charge in [0.1, 0.15) is 11.6 Å². The van der Waals surface area contributed by atoms with Gasteiger partial charge in [0.2, 0.25) is 0 Å².